The second kappa shape index (κ2) is 16.2. The number of hydrogen-bond donors (Lipinski definition) is 1. The summed E-state index contributed by atoms with van der Waals surface area (Å²) in [7, 11) is 3.37. The molecule has 1 aliphatic rings. The van der Waals surface area contributed by atoms with Gasteiger partial charge in [-0.3, -0.25) is 4.79 Å². The van der Waals surface area contributed by atoms with Crippen molar-refractivity contribution in [1.82, 2.24) is 5.32 Å². The maximum absolute atomic E-state index is 12.5. The Labute approximate surface area is 185 Å². The van der Waals surface area contributed by atoms with Gasteiger partial charge < -0.3 is 27.6 Å². The molecule has 0 bridgehead atoms. The van der Waals surface area contributed by atoms with Gasteiger partial charge >= 0.3 is 31.1 Å². The zero-order valence-electron chi connectivity index (χ0n) is 18.0. The van der Waals surface area contributed by atoms with E-state index >= 15 is 0 Å². The zero-order chi connectivity index (χ0) is 19.4. The Bertz CT molecular complexity index is 399. The predicted molar refractivity (Wildman–Crippen MR) is 105 cm³/mol. The molecule has 0 aromatic carbocycles. The number of hydrogen-bond acceptors (Lipinski definition) is 3. The van der Waals surface area contributed by atoms with Crippen LogP contribution in [-0.4, -0.2) is 32.3 Å². The third-order valence-corrected chi connectivity index (χ3v) is 4.64. The van der Waals surface area contributed by atoms with Crippen LogP contribution in [0.25, 0.3) is 0 Å². The van der Waals surface area contributed by atoms with Crippen molar-refractivity contribution in [1.29, 1.82) is 0 Å². The van der Waals surface area contributed by atoms with Gasteiger partial charge in [-0.2, -0.15) is 27.2 Å². The number of allylic oxidation sites excluding steroid dienone is 1. The van der Waals surface area contributed by atoms with Crippen molar-refractivity contribution in [2.75, 3.05) is 14.2 Å². The quantitative estimate of drug-likeness (QED) is 0.442. The van der Waals surface area contributed by atoms with Crippen LogP contribution in [0.1, 0.15) is 60.8 Å². The molecule has 0 radical (unpaired) electrons. The molecule has 0 aromatic heterocycles. The molecule has 0 aliphatic carbocycles. The summed E-state index contributed by atoms with van der Waals surface area (Å²) in [5, 5.41) is 3.14. The van der Waals surface area contributed by atoms with Crippen LogP contribution >= 0.6 is 0 Å². The first-order chi connectivity index (χ1) is 11.9. The van der Waals surface area contributed by atoms with E-state index in [1.54, 1.807) is 14.2 Å². The van der Waals surface area contributed by atoms with Crippen molar-refractivity contribution < 1.29 is 45.4 Å². The van der Waals surface area contributed by atoms with Gasteiger partial charge in [0.1, 0.15) is 0 Å². The molecule has 1 N–H and O–H groups in total. The number of amides is 1. The van der Waals surface area contributed by atoms with Gasteiger partial charge in [0.15, 0.2) is 0 Å². The fourth-order valence-corrected chi connectivity index (χ4v) is 3.04. The minimum atomic E-state index is -0.183. The maximum atomic E-state index is 12.5. The van der Waals surface area contributed by atoms with Gasteiger partial charge in [-0.25, -0.2) is 0 Å². The second-order valence-corrected chi connectivity index (χ2v) is 7.10. The van der Waals surface area contributed by atoms with E-state index in [0.29, 0.717) is 18.3 Å². The molecule has 26 heavy (non-hydrogen) atoms. The summed E-state index contributed by atoms with van der Waals surface area (Å²) in [5.74, 6) is 0.664. The number of nitrogens with one attached hydrogen (secondary N) is 1. The molecule has 0 fully saturated rings. The van der Waals surface area contributed by atoms with Crippen LogP contribution in [0.5, 0.6) is 0 Å². The molecule has 1 rings (SSSR count). The van der Waals surface area contributed by atoms with Gasteiger partial charge in [0.25, 0.3) is 0 Å². The monoisotopic (exact) mass is 591 g/mol. The molecule has 0 saturated heterocycles. The van der Waals surface area contributed by atoms with Gasteiger partial charge in [-0.05, 0) is 17.9 Å². The summed E-state index contributed by atoms with van der Waals surface area (Å²) in [6, 6.07) is 0. The molecular formula is C21H39NO3U. The Balaban J connectivity index is 0. The van der Waals surface area contributed by atoms with Gasteiger partial charge in [0.05, 0.1) is 18.1 Å². The summed E-state index contributed by atoms with van der Waals surface area (Å²) in [5.41, 5.74) is 1.01. The molecule has 3 unspecified atom stereocenters. The van der Waals surface area contributed by atoms with E-state index < -0.39 is 0 Å². The van der Waals surface area contributed by atoms with E-state index in [9.17, 15) is 4.79 Å². The Kier molecular flexibility index (Phi) is 17.7. The number of unbranched alkanes of at least 4 members (excludes halogenated alkanes) is 1. The van der Waals surface area contributed by atoms with Crippen molar-refractivity contribution in [3.8, 4) is 0 Å². The van der Waals surface area contributed by atoms with Crippen LogP contribution in [-0.2, 0) is 14.3 Å². The number of carbonyl (C=O) groups is 1. The summed E-state index contributed by atoms with van der Waals surface area (Å²) < 4.78 is 11.1. The third kappa shape index (κ3) is 9.93. The predicted octanol–water partition coefficient (Wildman–Crippen LogP) is 4.56. The summed E-state index contributed by atoms with van der Waals surface area (Å²) >= 11 is 0. The molecule has 0 saturated carbocycles. The van der Waals surface area contributed by atoms with E-state index in [0.717, 1.165) is 18.5 Å². The van der Waals surface area contributed by atoms with Gasteiger partial charge in [0, 0.05) is 26.3 Å². The third-order valence-electron chi connectivity index (χ3n) is 4.64. The first kappa shape index (κ1) is 28.4. The number of ether oxygens (including phenoxy) is 2. The minimum absolute atomic E-state index is 0. The Morgan fingerprint density at radius 3 is 2.23 bits per heavy atom. The van der Waals surface area contributed by atoms with Crippen LogP contribution in [0.3, 0.4) is 0 Å². The summed E-state index contributed by atoms with van der Waals surface area (Å²) in [6.07, 6.45) is 8.89. The van der Waals surface area contributed by atoms with Crippen molar-refractivity contribution in [3.05, 3.63) is 24.6 Å². The van der Waals surface area contributed by atoms with E-state index in [-0.39, 0.29) is 55.1 Å². The molecule has 5 heteroatoms. The van der Waals surface area contributed by atoms with Crippen LogP contribution in [0.15, 0.2) is 11.8 Å². The number of rotatable bonds is 7. The molecule has 150 valence electrons. The van der Waals surface area contributed by atoms with Crippen LogP contribution in [0.2, 0.25) is 0 Å². The van der Waals surface area contributed by atoms with E-state index in [4.69, 9.17) is 9.47 Å². The second-order valence-electron chi connectivity index (χ2n) is 7.10. The molecule has 1 aliphatic heterocycles. The normalized spacial score (nSPS) is 24.3. The van der Waals surface area contributed by atoms with Crippen molar-refractivity contribution in [3.63, 3.8) is 0 Å². The molecule has 4 atom stereocenters. The SMILES string of the molecule is C[CH-]C.C[CH-]CCC(C1=CC(OC)CC(OC)[C@H](C)C(=O)N1)C(C)C.[U+2]. The van der Waals surface area contributed by atoms with Crippen LogP contribution < -0.4 is 5.32 Å². The average molecular weight is 592 g/mol. The number of carbonyl (C=O) groups excluding carboxylic acids is 1. The van der Waals surface area contributed by atoms with Crippen molar-refractivity contribution in [2.24, 2.45) is 17.8 Å². The topological polar surface area (TPSA) is 47.6 Å². The van der Waals surface area contributed by atoms with Gasteiger partial charge in [-0.1, -0.05) is 27.2 Å². The van der Waals surface area contributed by atoms with Crippen LogP contribution in [0, 0.1) is 61.7 Å². The zero-order valence-corrected chi connectivity index (χ0v) is 22.1. The number of methoxy groups -OCH3 is 2. The maximum Gasteiger partial charge on any atom is 2.00 e. The molecule has 4 nitrogen and oxygen atoms in total. The molecule has 1 amide bonds. The summed E-state index contributed by atoms with van der Waals surface area (Å²) in [4.78, 5) is 12.5. The first-order valence-electron chi connectivity index (χ1n) is 9.46. The fourth-order valence-electron chi connectivity index (χ4n) is 3.04. The van der Waals surface area contributed by atoms with E-state index in [1.165, 1.54) is 0 Å². The Morgan fingerprint density at radius 1 is 1.23 bits per heavy atom. The standard InChI is InChI=1S/C18H32NO3.C3H7.U/c1-7-8-9-15(12(2)3)16-10-14(21-5)11-17(22-6)13(4)18(20)19-16;1-3-2;/h7,10,12-15,17H,8-9,11H2,1-6H3,(H,19,20);3H,1-2H3;/q2*-1;+2/t13-,14?,15?,17?;;/m0../s1. The van der Waals surface area contributed by atoms with Gasteiger partial charge in [-0.15, -0.1) is 0 Å². The van der Waals surface area contributed by atoms with E-state index in [2.05, 4.69) is 38.6 Å². The van der Waals surface area contributed by atoms with Gasteiger partial charge in [0.2, 0.25) is 5.91 Å². The van der Waals surface area contributed by atoms with Crippen molar-refractivity contribution in [2.45, 2.75) is 73.0 Å². The van der Waals surface area contributed by atoms with E-state index in [1.807, 2.05) is 27.2 Å². The largest absolute Gasteiger partial charge is 2.00 e. The molecule has 1 heterocycles. The molecule has 0 aromatic rings. The summed E-state index contributed by atoms with van der Waals surface area (Å²) in [6.45, 7) is 12.4. The minimum Gasteiger partial charge on any atom is -0.381 e. The molecule has 0 spiro atoms. The first-order valence-corrected chi connectivity index (χ1v) is 9.46. The van der Waals surface area contributed by atoms with Crippen molar-refractivity contribution >= 4 is 5.91 Å². The van der Waals surface area contributed by atoms with Crippen LogP contribution in [0.4, 0.5) is 0 Å². The Morgan fingerprint density at radius 2 is 1.81 bits per heavy atom. The fraction of sp³-hybridized carbons (Fsp3) is 0.762. The Hall–Kier alpha value is 0.182. The molecular weight excluding hydrogens is 552 g/mol. The smallest absolute Gasteiger partial charge is 0.381 e. The average Bonchev–Trinajstić information content (AvgIpc) is 2.57.